The Morgan fingerprint density at radius 2 is 1.80 bits per heavy atom. The van der Waals surface area contributed by atoms with Crippen LogP contribution >= 0.6 is 0 Å². The minimum atomic E-state index is -4.80. The van der Waals surface area contributed by atoms with E-state index in [1.54, 1.807) is 31.5 Å². The summed E-state index contributed by atoms with van der Waals surface area (Å²) in [6, 6.07) is 3.35. The molecular weight excluding hydrogens is 719 g/mol. The molecule has 1 saturated heterocycles. The topological polar surface area (TPSA) is 161 Å². The van der Waals surface area contributed by atoms with Crippen LogP contribution in [0.25, 0.3) is 22.0 Å². The Labute approximate surface area is 304 Å². The zero-order valence-electron chi connectivity index (χ0n) is 29.1. The fourth-order valence-corrected chi connectivity index (χ4v) is 7.17. The van der Waals surface area contributed by atoms with Crippen LogP contribution in [0.3, 0.4) is 0 Å². The Hall–Kier alpha value is -5.65. The largest absolute Gasteiger partial charge is 0.433 e. The molecule has 2 bridgehead atoms. The molecule has 1 saturated carbocycles. The van der Waals surface area contributed by atoms with Gasteiger partial charge in [0.1, 0.15) is 35.6 Å². The van der Waals surface area contributed by atoms with Crippen molar-refractivity contribution in [1.82, 2.24) is 34.9 Å². The highest BCUT2D eigenvalue weighted by atomic mass is 19.4. The molecule has 0 radical (unpaired) electrons. The second-order valence-electron chi connectivity index (χ2n) is 13.8. The van der Waals surface area contributed by atoms with Crippen molar-refractivity contribution in [3.63, 3.8) is 0 Å². The van der Waals surface area contributed by atoms with E-state index in [4.69, 9.17) is 4.74 Å². The third-order valence-corrected chi connectivity index (χ3v) is 10.00. The maximum Gasteiger partial charge on any atom is 0.433 e. The number of hydrogen-bond acceptors (Lipinski definition) is 9. The van der Waals surface area contributed by atoms with Gasteiger partial charge in [-0.05, 0) is 62.1 Å². The van der Waals surface area contributed by atoms with Gasteiger partial charge in [0.05, 0.1) is 18.7 Å². The van der Waals surface area contributed by atoms with E-state index >= 15 is 0 Å². The highest BCUT2D eigenvalue weighted by molar-refractivity contribution is 6.07. The van der Waals surface area contributed by atoms with Crippen molar-refractivity contribution in [2.75, 3.05) is 18.5 Å². The molecule has 2 aliphatic heterocycles. The number of aromatic nitrogens is 5. The summed E-state index contributed by atoms with van der Waals surface area (Å²) in [5.74, 6) is -7.27. The molecule has 2 fully saturated rings. The number of piperidine rings is 1. The van der Waals surface area contributed by atoms with Gasteiger partial charge in [-0.15, -0.1) is 0 Å². The fraction of sp³-hybridized carbons (Fsp3) is 0.389. The Balaban J connectivity index is 1.31. The summed E-state index contributed by atoms with van der Waals surface area (Å²) in [6.07, 6.45) is -0.0317. The maximum absolute atomic E-state index is 14.9. The van der Waals surface area contributed by atoms with Gasteiger partial charge in [-0.2, -0.15) is 27.1 Å². The average molecular weight is 753 g/mol. The van der Waals surface area contributed by atoms with Crippen LogP contribution in [0.1, 0.15) is 52.9 Å². The van der Waals surface area contributed by atoms with E-state index in [-0.39, 0.29) is 49.7 Å². The smallest absolute Gasteiger partial charge is 0.373 e. The van der Waals surface area contributed by atoms with Crippen molar-refractivity contribution in [3.8, 4) is 11.1 Å². The lowest BCUT2D eigenvalue weighted by atomic mass is 9.98. The number of alkyl halides is 5. The first-order valence-corrected chi connectivity index (χ1v) is 16.9. The molecule has 3 aliphatic rings. The molecule has 13 nitrogen and oxygen atoms in total. The van der Waals surface area contributed by atoms with Crippen LogP contribution in [-0.2, 0) is 38.4 Å². The highest BCUT2D eigenvalue weighted by Gasteiger charge is 2.67. The zero-order chi connectivity index (χ0) is 38.7. The summed E-state index contributed by atoms with van der Waals surface area (Å²) in [4.78, 5) is 67.1. The molecule has 3 amide bonds. The molecule has 0 unspecified atom stereocenters. The quantitative estimate of drug-likeness (QED) is 0.173. The SMILES string of the molecule is CC(=O)c1nn2c3c(cc(-c4cnc(C)nc4)cc13)COC/C=C\C(F)(F)C(=O)NC[C@@]13C[C@@H](C(=O)Nc4nc(C(F)(F)F)ccc4C)N(C(=O)C2)[C@@H]1C3. The Kier molecular flexibility index (Phi) is 9.06. The van der Waals surface area contributed by atoms with E-state index < -0.39 is 65.3 Å². The Bertz CT molecular complexity index is 2240. The van der Waals surface area contributed by atoms with E-state index in [1.807, 2.05) is 0 Å². The van der Waals surface area contributed by atoms with Gasteiger partial charge in [0.25, 0.3) is 5.91 Å². The summed E-state index contributed by atoms with van der Waals surface area (Å²) in [5, 5.41) is 9.55. The summed E-state index contributed by atoms with van der Waals surface area (Å²) >= 11 is 0. The van der Waals surface area contributed by atoms with Gasteiger partial charge >= 0.3 is 12.1 Å². The molecule has 7 rings (SSSR count). The first kappa shape index (κ1) is 36.7. The number of halogens is 5. The van der Waals surface area contributed by atoms with Crippen LogP contribution in [0.15, 0.2) is 48.8 Å². The van der Waals surface area contributed by atoms with Crippen molar-refractivity contribution < 1.29 is 45.9 Å². The summed E-state index contributed by atoms with van der Waals surface area (Å²) in [5.41, 5.74) is -0.0162. The number of aryl methyl sites for hydroxylation is 2. The Morgan fingerprint density at radius 3 is 2.50 bits per heavy atom. The number of Topliss-reactive ketones (excluding diaryl/α,β-unsaturated/α-hetero) is 1. The number of amides is 3. The van der Waals surface area contributed by atoms with Gasteiger partial charge in [0.2, 0.25) is 11.8 Å². The summed E-state index contributed by atoms with van der Waals surface area (Å²) in [7, 11) is 0. The lowest BCUT2D eigenvalue weighted by molar-refractivity contribution is -0.141. The Morgan fingerprint density at radius 1 is 1.06 bits per heavy atom. The summed E-state index contributed by atoms with van der Waals surface area (Å²) in [6.45, 7) is 3.18. The first-order chi connectivity index (χ1) is 25.5. The van der Waals surface area contributed by atoms with Crippen LogP contribution in [0.2, 0.25) is 0 Å². The maximum atomic E-state index is 14.9. The van der Waals surface area contributed by atoms with Crippen LogP contribution in [0, 0.1) is 19.3 Å². The van der Waals surface area contributed by atoms with E-state index in [2.05, 4.69) is 30.7 Å². The molecule has 1 aliphatic carbocycles. The van der Waals surface area contributed by atoms with Gasteiger partial charge < -0.3 is 20.3 Å². The first-order valence-electron chi connectivity index (χ1n) is 16.9. The fourth-order valence-electron chi connectivity index (χ4n) is 7.17. The minimum Gasteiger partial charge on any atom is -0.373 e. The molecule has 18 heteroatoms. The summed E-state index contributed by atoms with van der Waals surface area (Å²) < 4.78 is 77.3. The normalized spacial score (nSPS) is 23.4. The second kappa shape index (κ2) is 13.3. The number of rotatable bonds is 4. The third kappa shape index (κ3) is 6.81. The molecule has 3 aromatic heterocycles. The van der Waals surface area contributed by atoms with Crippen LogP contribution in [0.4, 0.5) is 27.8 Å². The van der Waals surface area contributed by atoms with E-state index in [9.17, 15) is 41.1 Å². The second-order valence-corrected chi connectivity index (χ2v) is 13.8. The van der Waals surface area contributed by atoms with Gasteiger partial charge in [-0.1, -0.05) is 12.1 Å². The number of nitrogens with zero attached hydrogens (tertiary/aromatic N) is 6. The number of benzene rings is 1. The zero-order valence-corrected chi connectivity index (χ0v) is 29.1. The van der Waals surface area contributed by atoms with Crippen molar-refractivity contribution >= 4 is 40.2 Å². The lowest BCUT2D eigenvalue weighted by Gasteiger charge is -2.27. The minimum absolute atomic E-state index is 0.0353. The van der Waals surface area contributed by atoms with E-state index in [0.717, 1.165) is 18.2 Å². The van der Waals surface area contributed by atoms with Crippen molar-refractivity contribution in [2.24, 2.45) is 5.41 Å². The number of ether oxygens (including phenoxy) is 1. The van der Waals surface area contributed by atoms with Crippen LogP contribution in [0.5, 0.6) is 0 Å². The van der Waals surface area contributed by atoms with Gasteiger partial charge in [-0.3, -0.25) is 23.9 Å². The third-order valence-electron chi connectivity index (χ3n) is 10.00. The molecular formula is C36H33F5N8O5. The molecule has 1 aromatic carbocycles. The molecule has 282 valence electrons. The van der Waals surface area contributed by atoms with E-state index in [0.29, 0.717) is 39.5 Å². The van der Waals surface area contributed by atoms with Crippen molar-refractivity contribution in [3.05, 3.63) is 77.2 Å². The molecule has 5 heterocycles. The van der Waals surface area contributed by atoms with Crippen molar-refractivity contribution in [1.29, 1.82) is 0 Å². The predicted octanol–water partition coefficient (Wildman–Crippen LogP) is 4.56. The standard InChI is InChI=1S/C36H33F5N8O5/c1-18-5-6-26(36(39,40)41)45-31(18)46-32(52)25-11-34-12-27(34)49(25)28(51)15-48-30-22(16-54-8-4-7-35(37,38)33(53)44-17-34)9-21(23-13-42-20(3)43-14-23)10-24(30)29(47-48)19(2)50/h4-7,9-10,13-14,25,27H,8,11-12,15-17H2,1-3H3,(H,44,53)(H,45,46,52)/b7-4-/t25-,27+,34-/m0/s1. The molecule has 2 N–H and O–H groups in total. The highest BCUT2D eigenvalue weighted by Crippen LogP contribution is 2.59. The number of pyridine rings is 1. The molecule has 3 atom stereocenters. The average Bonchev–Trinajstić information content (AvgIpc) is 3.52. The van der Waals surface area contributed by atoms with E-state index in [1.165, 1.54) is 23.4 Å². The number of carbonyl (C=O) groups is 4. The van der Waals surface area contributed by atoms with Crippen molar-refractivity contribution in [2.45, 2.75) is 70.9 Å². The number of hydrogen-bond donors (Lipinski definition) is 2. The predicted molar refractivity (Wildman–Crippen MR) is 181 cm³/mol. The number of nitrogens with one attached hydrogen (secondary N) is 2. The molecule has 4 aromatic rings. The monoisotopic (exact) mass is 752 g/mol. The molecule has 0 spiro atoms. The van der Waals surface area contributed by atoms with Gasteiger partial charge in [-0.25, -0.2) is 15.0 Å². The van der Waals surface area contributed by atoms with Gasteiger partial charge in [0.15, 0.2) is 5.78 Å². The van der Waals surface area contributed by atoms with Crippen LogP contribution < -0.4 is 10.6 Å². The van der Waals surface area contributed by atoms with Gasteiger partial charge in [0, 0.05) is 53.8 Å². The number of carbonyl (C=O) groups excluding carboxylic acids is 4. The molecule has 54 heavy (non-hydrogen) atoms. The number of ketones is 1. The number of anilines is 1. The van der Waals surface area contributed by atoms with Crippen LogP contribution in [-0.4, -0.2) is 84.3 Å². The lowest BCUT2D eigenvalue weighted by Crippen LogP contribution is -2.47.